The molecule has 0 bridgehead atoms. The Morgan fingerprint density at radius 1 is 1.44 bits per heavy atom. The summed E-state index contributed by atoms with van der Waals surface area (Å²) in [5.74, 6) is -0.477. The van der Waals surface area contributed by atoms with Gasteiger partial charge in [0.15, 0.2) is 5.58 Å². The van der Waals surface area contributed by atoms with Crippen LogP contribution in [0, 0.1) is 0 Å². The number of urea groups is 1. The van der Waals surface area contributed by atoms with Gasteiger partial charge in [0.1, 0.15) is 5.52 Å². The van der Waals surface area contributed by atoms with Crippen molar-refractivity contribution in [2.24, 2.45) is 5.73 Å². The molecule has 18 heavy (non-hydrogen) atoms. The molecular formula is C11H11N3O3S. The van der Waals surface area contributed by atoms with Gasteiger partial charge >= 0.3 is 6.03 Å². The van der Waals surface area contributed by atoms with Gasteiger partial charge in [-0.15, -0.1) is 0 Å². The molecule has 3 amide bonds. The summed E-state index contributed by atoms with van der Waals surface area (Å²) in [4.78, 5) is 26.2. The van der Waals surface area contributed by atoms with Gasteiger partial charge in [-0.05, 0) is 19.1 Å². The molecular weight excluding hydrogens is 254 g/mol. The number of oxazole rings is 1. The number of hydrogen-bond acceptors (Lipinski definition) is 5. The fourth-order valence-electron chi connectivity index (χ4n) is 1.33. The van der Waals surface area contributed by atoms with Gasteiger partial charge in [-0.25, -0.2) is 9.78 Å². The molecule has 0 aliphatic heterocycles. The van der Waals surface area contributed by atoms with Crippen LogP contribution in [0.3, 0.4) is 0 Å². The van der Waals surface area contributed by atoms with E-state index in [0.717, 1.165) is 17.3 Å². The number of primary amides is 1. The van der Waals surface area contributed by atoms with E-state index in [1.165, 1.54) is 0 Å². The van der Waals surface area contributed by atoms with E-state index < -0.39 is 17.2 Å². The van der Waals surface area contributed by atoms with Crippen LogP contribution >= 0.6 is 11.8 Å². The largest absolute Gasteiger partial charge is 0.431 e. The number of amides is 3. The Kier molecular flexibility index (Phi) is 3.52. The molecule has 2 aromatic rings. The zero-order valence-corrected chi connectivity index (χ0v) is 10.4. The molecule has 0 spiro atoms. The van der Waals surface area contributed by atoms with E-state index in [4.69, 9.17) is 10.2 Å². The number of carbonyl (C=O) groups is 2. The van der Waals surface area contributed by atoms with Gasteiger partial charge in [0, 0.05) is 0 Å². The van der Waals surface area contributed by atoms with E-state index in [1.54, 1.807) is 13.0 Å². The standard InChI is InChI=1S/C11H11N3O3S/c1-6(9(15)14-10(12)16)18-11-13-7-4-2-3-5-8(7)17-11/h2-6H,1H3,(H3,12,14,15,16)/t6-/m1/s1. The van der Waals surface area contributed by atoms with Crippen molar-refractivity contribution in [2.75, 3.05) is 0 Å². The number of fused-ring (bicyclic) bond motifs is 1. The van der Waals surface area contributed by atoms with Gasteiger partial charge in [-0.3, -0.25) is 10.1 Å². The number of rotatable bonds is 3. The van der Waals surface area contributed by atoms with Gasteiger partial charge in [-0.1, -0.05) is 23.9 Å². The Labute approximate surface area is 107 Å². The highest BCUT2D eigenvalue weighted by Crippen LogP contribution is 2.26. The van der Waals surface area contributed by atoms with Gasteiger partial charge < -0.3 is 10.2 Å². The SMILES string of the molecule is C[C@@H](Sc1nc2ccccc2o1)C(=O)NC(N)=O. The van der Waals surface area contributed by atoms with Crippen molar-refractivity contribution in [1.29, 1.82) is 0 Å². The Bertz CT molecular complexity index is 563. The van der Waals surface area contributed by atoms with Crippen LogP contribution in [-0.2, 0) is 4.79 Å². The van der Waals surface area contributed by atoms with Crippen LogP contribution in [0.2, 0.25) is 0 Å². The molecule has 0 saturated carbocycles. The number of aromatic nitrogens is 1. The zero-order chi connectivity index (χ0) is 13.1. The normalized spacial score (nSPS) is 12.3. The van der Waals surface area contributed by atoms with Crippen molar-refractivity contribution in [1.82, 2.24) is 10.3 Å². The van der Waals surface area contributed by atoms with E-state index in [2.05, 4.69) is 4.98 Å². The molecule has 1 aromatic carbocycles. The van der Waals surface area contributed by atoms with Crippen LogP contribution in [0.4, 0.5) is 4.79 Å². The highest BCUT2D eigenvalue weighted by Gasteiger charge is 2.18. The van der Waals surface area contributed by atoms with Crippen LogP contribution < -0.4 is 11.1 Å². The smallest absolute Gasteiger partial charge is 0.318 e. The first-order valence-electron chi connectivity index (χ1n) is 5.19. The zero-order valence-electron chi connectivity index (χ0n) is 9.54. The quantitative estimate of drug-likeness (QED) is 0.819. The second-order valence-corrected chi connectivity index (χ2v) is 4.85. The first kappa shape index (κ1) is 12.4. The maximum atomic E-state index is 11.5. The Morgan fingerprint density at radius 3 is 2.83 bits per heavy atom. The lowest BCUT2D eigenvalue weighted by Crippen LogP contribution is -2.39. The first-order valence-corrected chi connectivity index (χ1v) is 6.07. The van der Waals surface area contributed by atoms with Gasteiger partial charge in [0.2, 0.25) is 5.91 Å². The average Bonchev–Trinajstić information content (AvgIpc) is 2.69. The molecule has 1 aromatic heterocycles. The maximum absolute atomic E-state index is 11.5. The minimum atomic E-state index is -0.870. The van der Waals surface area contributed by atoms with Crippen molar-refractivity contribution in [2.45, 2.75) is 17.4 Å². The molecule has 1 heterocycles. The molecule has 6 nitrogen and oxygen atoms in total. The molecule has 2 rings (SSSR count). The molecule has 0 radical (unpaired) electrons. The summed E-state index contributed by atoms with van der Waals surface area (Å²) in [6, 6.07) is 6.43. The second kappa shape index (κ2) is 5.09. The van der Waals surface area contributed by atoms with Crippen molar-refractivity contribution in [3.63, 3.8) is 0 Å². The van der Waals surface area contributed by atoms with Gasteiger partial charge in [0.05, 0.1) is 5.25 Å². The lowest BCUT2D eigenvalue weighted by atomic mass is 10.3. The highest BCUT2D eigenvalue weighted by atomic mass is 32.2. The second-order valence-electron chi connectivity index (χ2n) is 3.56. The molecule has 0 aliphatic carbocycles. The molecule has 0 aliphatic rings. The first-order chi connectivity index (χ1) is 8.56. The Hall–Kier alpha value is -2.02. The molecule has 3 N–H and O–H groups in total. The van der Waals surface area contributed by atoms with Crippen molar-refractivity contribution in [3.8, 4) is 0 Å². The Morgan fingerprint density at radius 2 is 2.17 bits per heavy atom. The van der Waals surface area contributed by atoms with Crippen LogP contribution in [0.15, 0.2) is 33.9 Å². The number of nitrogens with zero attached hydrogens (tertiary/aromatic N) is 1. The topological polar surface area (TPSA) is 98.2 Å². The summed E-state index contributed by atoms with van der Waals surface area (Å²) in [6.45, 7) is 1.64. The monoisotopic (exact) mass is 265 g/mol. The highest BCUT2D eigenvalue weighted by molar-refractivity contribution is 8.00. The molecule has 0 unspecified atom stereocenters. The van der Waals surface area contributed by atoms with E-state index in [9.17, 15) is 9.59 Å². The summed E-state index contributed by atoms with van der Waals surface area (Å²) in [5, 5.41) is 1.86. The van der Waals surface area contributed by atoms with Crippen LogP contribution in [0.1, 0.15) is 6.92 Å². The van der Waals surface area contributed by atoms with Gasteiger partial charge in [-0.2, -0.15) is 0 Å². The molecule has 1 atom stereocenters. The van der Waals surface area contributed by atoms with Gasteiger partial charge in [0.25, 0.3) is 5.22 Å². The van der Waals surface area contributed by atoms with Crippen LogP contribution in [-0.4, -0.2) is 22.2 Å². The number of nitrogens with two attached hydrogens (primary N) is 1. The van der Waals surface area contributed by atoms with Crippen molar-refractivity contribution in [3.05, 3.63) is 24.3 Å². The third kappa shape index (κ3) is 2.80. The molecule has 0 fully saturated rings. The number of benzene rings is 1. The third-order valence-corrected chi connectivity index (χ3v) is 3.11. The number of hydrogen-bond donors (Lipinski definition) is 2. The fraction of sp³-hybridized carbons (Fsp3) is 0.182. The molecule has 0 saturated heterocycles. The summed E-state index contributed by atoms with van der Waals surface area (Å²) in [6.07, 6.45) is 0. The minimum Gasteiger partial charge on any atom is -0.431 e. The summed E-state index contributed by atoms with van der Waals surface area (Å²) < 4.78 is 5.45. The van der Waals surface area contributed by atoms with E-state index in [0.29, 0.717) is 10.8 Å². The van der Waals surface area contributed by atoms with Crippen molar-refractivity contribution < 1.29 is 14.0 Å². The maximum Gasteiger partial charge on any atom is 0.318 e. The predicted octanol–water partition coefficient (Wildman–Crippen LogP) is 1.50. The predicted molar refractivity (Wildman–Crippen MR) is 67.1 cm³/mol. The number of nitrogens with one attached hydrogen (secondary N) is 1. The summed E-state index contributed by atoms with van der Waals surface area (Å²) in [7, 11) is 0. The summed E-state index contributed by atoms with van der Waals surface area (Å²) in [5.41, 5.74) is 6.25. The fourth-order valence-corrected chi connectivity index (χ4v) is 2.09. The van der Waals surface area contributed by atoms with Crippen LogP contribution in [0.5, 0.6) is 0 Å². The van der Waals surface area contributed by atoms with E-state index >= 15 is 0 Å². The van der Waals surface area contributed by atoms with E-state index in [1.807, 2.05) is 23.5 Å². The minimum absolute atomic E-state index is 0.378. The summed E-state index contributed by atoms with van der Waals surface area (Å²) >= 11 is 1.12. The molecule has 7 heteroatoms. The average molecular weight is 265 g/mol. The lowest BCUT2D eigenvalue weighted by molar-refractivity contribution is -0.119. The number of imide groups is 1. The Balaban J connectivity index is 2.09. The molecule has 94 valence electrons. The van der Waals surface area contributed by atoms with E-state index in [-0.39, 0.29) is 0 Å². The van der Waals surface area contributed by atoms with Crippen LogP contribution in [0.25, 0.3) is 11.1 Å². The number of thioether (sulfide) groups is 1. The third-order valence-electron chi connectivity index (χ3n) is 2.17. The number of carbonyl (C=O) groups excluding carboxylic acids is 2. The number of para-hydroxylation sites is 2. The van der Waals surface area contributed by atoms with Crippen molar-refractivity contribution >= 4 is 34.8 Å². The lowest BCUT2D eigenvalue weighted by Gasteiger charge is -2.06.